The van der Waals surface area contributed by atoms with Crippen molar-refractivity contribution in [2.24, 2.45) is 0 Å². The van der Waals surface area contributed by atoms with E-state index in [1.54, 1.807) is 26.4 Å². The lowest BCUT2D eigenvalue weighted by molar-refractivity contribution is 0.174. The number of methoxy groups -OCH3 is 2. The molecule has 2 rings (SSSR count). The number of aliphatic hydroxyl groups excluding tert-OH is 2. The fourth-order valence-electron chi connectivity index (χ4n) is 2.56. The van der Waals surface area contributed by atoms with Crippen molar-refractivity contribution in [1.29, 1.82) is 0 Å². The highest BCUT2D eigenvalue weighted by molar-refractivity contribution is 5.43. The van der Waals surface area contributed by atoms with Crippen molar-refractivity contribution in [1.82, 2.24) is 5.32 Å². The molecule has 0 aromatic heterocycles. The van der Waals surface area contributed by atoms with Gasteiger partial charge < -0.3 is 30.1 Å². The Morgan fingerprint density at radius 3 is 2.48 bits per heavy atom. The lowest BCUT2D eigenvalue weighted by Crippen LogP contribution is -2.23. The van der Waals surface area contributed by atoms with Crippen LogP contribution >= 0.6 is 0 Å². The molecule has 2 aromatic rings. The summed E-state index contributed by atoms with van der Waals surface area (Å²) in [4.78, 5) is 0. The van der Waals surface area contributed by atoms with Gasteiger partial charge in [-0.1, -0.05) is 12.1 Å². The Labute approximate surface area is 147 Å². The number of benzene rings is 2. The molecule has 0 saturated heterocycles. The first kappa shape index (κ1) is 19.1. The molecule has 0 spiro atoms. The predicted octanol–water partition coefficient (Wildman–Crippen LogP) is 1.77. The van der Waals surface area contributed by atoms with Gasteiger partial charge in [-0.05, 0) is 48.4 Å². The lowest BCUT2D eigenvalue weighted by atomic mass is 10.1. The highest BCUT2D eigenvalue weighted by Gasteiger charge is 2.10. The van der Waals surface area contributed by atoms with Gasteiger partial charge in [0.2, 0.25) is 0 Å². The number of nitrogens with one attached hydrogen (secondary N) is 1. The summed E-state index contributed by atoms with van der Waals surface area (Å²) in [5.74, 6) is 1.42. The Bertz CT molecular complexity index is 690. The van der Waals surface area contributed by atoms with Crippen molar-refractivity contribution < 1.29 is 24.8 Å². The molecular formula is C19H25NO5. The lowest BCUT2D eigenvalue weighted by Gasteiger charge is -2.14. The zero-order valence-electron chi connectivity index (χ0n) is 14.5. The number of hydrogen-bond acceptors (Lipinski definition) is 6. The first-order valence-corrected chi connectivity index (χ1v) is 8.11. The Morgan fingerprint density at radius 1 is 1.04 bits per heavy atom. The van der Waals surface area contributed by atoms with E-state index in [-0.39, 0.29) is 12.4 Å². The summed E-state index contributed by atoms with van der Waals surface area (Å²) in [7, 11) is 3.21. The molecule has 25 heavy (non-hydrogen) atoms. The van der Waals surface area contributed by atoms with Crippen LogP contribution < -0.4 is 14.8 Å². The highest BCUT2D eigenvalue weighted by atomic mass is 16.5. The van der Waals surface area contributed by atoms with E-state index in [4.69, 9.17) is 14.6 Å². The number of phenols is 1. The average molecular weight is 347 g/mol. The van der Waals surface area contributed by atoms with Crippen molar-refractivity contribution in [3.8, 4) is 17.2 Å². The predicted molar refractivity (Wildman–Crippen MR) is 95.1 cm³/mol. The first-order chi connectivity index (χ1) is 12.1. The maximum Gasteiger partial charge on any atom is 0.160 e. The summed E-state index contributed by atoms with van der Waals surface area (Å²) in [6.07, 6.45) is 0.0705. The molecule has 0 amide bonds. The Balaban J connectivity index is 1.84. The van der Waals surface area contributed by atoms with Crippen LogP contribution in [0.3, 0.4) is 0 Å². The molecule has 0 radical (unpaired) electrons. The van der Waals surface area contributed by atoms with Crippen molar-refractivity contribution in [3.63, 3.8) is 0 Å². The molecule has 0 aliphatic rings. The maximum atomic E-state index is 10.2. The Hall–Kier alpha value is -2.28. The fraction of sp³-hybridized carbons (Fsp3) is 0.368. The molecule has 0 aliphatic carbocycles. The summed E-state index contributed by atoms with van der Waals surface area (Å²) >= 11 is 0. The normalized spacial score (nSPS) is 12.0. The minimum atomic E-state index is -0.712. The van der Waals surface area contributed by atoms with Crippen molar-refractivity contribution in [2.45, 2.75) is 19.1 Å². The third-order valence-electron chi connectivity index (χ3n) is 4.03. The van der Waals surface area contributed by atoms with Gasteiger partial charge in [0.25, 0.3) is 0 Å². The quantitative estimate of drug-likeness (QED) is 0.517. The van der Waals surface area contributed by atoms with Crippen LogP contribution in [0.15, 0.2) is 36.4 Å². The smallest absolute Gasteiger partial charge is 0.160 e. The van der Waals surface area contributed by atoms with E-state index in [9.17, 15) is 10.2 Å². The second kappa shape index (κ2) is 9.27. The van der Waals surface area contributed by atoms with E-state index in [1.807, 2.05) is 18.2 Å². The van der Waals surface area contributed by atoms with Crippen LogP contribution in [0.1, 0.15) is 22.8 Å². The van der Waals surface area contributed by atoms with Gasteiger partial charge in [-0.25, -0.2) is 0 Å². The molecule has 136 valence electrons. The topological polar surface area (TPSA) is 91.2 Å². The zero-order valence-corrected chi connectivity index (χ0v) is 14.5. The van der Waals surface area contributed by atoms with E-state index in [0.717, 1.165) is 12.0 Å². The summed E-state index contributed by atoms with van der Waals surface area (Å²) in [5, 5.41) is 32.1. The van der Waals surface area contributed by atoms with Crippen molar-refractivity contribution >= 4 is 0 Å². The largest absolute Gasteiger partial charge is 0.508 e. The van der Waals surface area contributed by atoms with Crippen LogP contribution in [0.5, 0.6) is 17.2 Å². The third kappa shape index (κ3) is 5.09. The second-order valence-corrected chi connectivity index (χ2v) is 5.71. The van der Waals surface area contributed by atoms with Crippen molar-refractivity contribution in [3.05, 3.63) is 53.1 Å². The number of ether oxygens (including phenoxy) is 2. The van der Waals surface area contributed by atoms with Gasteiger partial charge in [-0.15, -0.1) is 0 Å². The fourth-order valence-corrected chi connectivity index (χ4v) is 2.56. The van der Waals surface area contributed by atoms with E-state index in [2.05, 4.69) is 5.32 Å². The van der Waals surface area contributed by atoms with Crippen LogP contribution in [-0.4, -0.2) is 42.6 Å². The van der Waals surface area contributed by atoms with Crippen LogP contribution in [0.2, 0.25) is 0 Å². The Kier molecular flexibility index (Phi) is 7.06. The molecule has 0 bridgehead atoms. The van der Waals surface area contributed by atoms with Crippen LogP contribution in [0.4, 0.5) is 0 Å². The SMILES string of the molecule is COc1ccc(CCNC[C@@H](O)c2ccc(O)c(CO)c2)cc1OC. The van der Waals surface area contributed by atoms with Gasteiger partial charge >= 0.3 is 0 Å². The first-order valence-electron chi connectivity index (χ1n) is 8.11. The summed E-state index contributed by atoms with van der Waals surface area (Å²) in [5.41, 5.74) is 2.16. The molecule has 0 fully saturated rings. The molecule has 0 aliphatic heterocycles. The molecule has 0 heterocycles. The van der Waals surface area contributed by atoms with E-state index in [1.165, 1.54) is 6.07 Å². The molecule has 4 N–H and O–H groups in total. The van der Waals surface area contributed by atoms with Gasteiger partial charge in [0, 0.05) is 12.1 Å². The molecule has 0 saturated carbocycles. The number of aliphatic hydroxyl groups is 2. The minimum Gasteiger partial charge on any atom is -0.508 e. The summed E-state index contributed by atoms with van der Waals surface area (Å²) in [6, 6.07) is 10.5. The Morgan fingerprint density at radius 2 is 1.80 bits per heavy atom. The standard InChI is InChI=1S/C19H25NO5/c1-24-18-6-3-13(9-19(18)25-2)7-8-20-11-17(23)14-4-5-16(22)15(10-14)12-21/h3-6,9-10,17,20-23H,7-8,11-12H2,1-2H3/t17-/m1/s1. The number of hydrogen-bond donors (Lipinski definition) is 4. The molecule has 2 aromatic carbocycles. The van der Waals surface area contributed by atoms with Crippen molar-refractivity contribution in [2.75, 3.05) is 27.3 Å². The van der Waals surface area contributed by atoms with Gasteiger partial charge in [-0.3, -0.25) is 0 Å². The number of aromatic hydroxyl groups is 1. The minimum absolute atomic E-state index is 0.0277. The van der Waals surface area contributed by atoms with Gasteiger partial charge in [-0.2, -0.15) is 0 Å². The average Bonchev–Trinajstić information content (AvgIpc) is 2.65. The van der Waals surface area contributed by atoms with E-state index >= 15 is 0 Å². The molecule has 6 heteroatoms. The molecule has 1 atom stereocenters. The van der Waals surface area contributed by atoms with E-state index in [0.29, 0.717) is 35.7 Å². The van der Waals surface area contributed by atoms with E-state index < -0.39 is 6.10 Å². The second-order valence-electron chi connectivity index (χ2n) is 5.71. The summed E-state index contributed by atoms with van der Waals surface area (Å²) < 4.78 is 10.5. The van der Waals surface area contributed by atoms with Gasteiger partial charge in [0.1, 0.15) is 5.75 Å². The molecule has 0 unspecified atom stereocenters. The monoisotopic (exact) mass is 347 g/mol. The van der Waals surface area contributed by atoms with Gasteiger partial charge in [0.05, 0.1) is 26.9 Å². The highest BCUT2D eigenvalue weighted by Crippen LogP contribution is 2.27. The molecular weight excluding hydrogens is 322 g/mol. The van der Waals surface area contributed by atoms with Crippen LogP contribution in [0, 0.1) is 0 Å². The van der Waals surface area contributed by atoms with Crippen LogP contribution in [0.25, 0.3) is 0 Å². The summed E-state index contributed by atoms with van der Waals surface area (Å²) in [6.45, 7) is 0.805. The maximum absolute atomic E-state index is 10.2. The third-order valence-corrected chi connectivity index (χ3v) is 4.03. The van der Waals surface area contributed by atoms with Gasteiger partial charge in [0.15, 0.2) is 11.5 Å². The van der Waals surface area contributed by atoms with Crippen LogP contribution in [-0.2, 0) is 13.0 Å². The number of rotatable bonds is 9. The molecule has 6 nitrogen and oxygen atoms in total. The zero-order chi connectivity index (χ0) is 18.2.